The zero-order valence-corrected chi connectivity index (χ0v) is 11.9. The molecule has 1 N–H and O–H groups in total. The minimum absolute atomic E-state index is 0.178. The molecule has 4 heteroatoms. The maximum atomic E-state index is 6.00. The van der Waals surface area contributed by atoms with Crippen LogP contribution in [0, 0.1) is 0 Å². The summed E-state index contributed by atoms with van der Waals surface area (Å²) < 4.78 is 16.5. The van der Waals surface area contributed by atoms with Crippen molar-refractivity contribution in [2.75, 3.05) is 20.8 Å². The summed E-state index contributed by atoms with van der Waals surface area (Å²) in [6, 6.07) is 6.33. The second-order valence-corrected chi connectivity index (χ2v) is 4.88. The molecule has 0 bridgehead atoms. The van der Waals surface area contributed by atoms with Gasteiger partial charge in [0.15, 0.2) is 0 Å². The molecule has 0 aliphatic heterocycles. The van der Waals surface area contributed by atoms with E-state index < -0.39 is 0 Å². The first kappa shape index (κ1) is 14.0. The fourth-order valence-corrected chi connectivity index (χ4v) is 1.90. The smallest absolute Gasteiger partial charge is 0.127 e. The average molecular weight is 265 g/mol. The molecule has 1 aromatic rings. The van der Waals surface area contributed by atoms with Crippen LogP contribution in [0.5, 0.6) is 17.2 Å². The topological polar surface area (TPSA) is 39.7 Å². The minimum atomic E-state index is 0.178. The Kier molecular flexibility index (Phi) is 4.91. The van der Waals surface area contributed by atoms with Crippen molar-refractivity contribution in [2.24, 2.45) is 0 Å². The summed E-state index contributed by atoms with van der Waals surface area (Å²) in [5.74, 6) is 2.29. The lowest BCUT2D eigenvalue weighted by atomic mass is 10.2. The Bertz CT molecular complexity index is 382. The van der Waals surface area contributed by atoms with Gasteiger partial charge in [-0.1, -0.05) is 6.92 Å². The Balaban J connectivity index is 1.97. The zero-order chi connectivity index (χ0) is 13.7. The largest absolute Gasteiger partial charge is 0.496 e. The highest BCUT2D eigenvalue weighted by Gasteiger charge is 2.22. The lowest BCUT2D eigenvalue weighted by Crippen LogP contribution is -2.32. The Labute approximate surface area is 115 Å². The third kappa shape index (κ3) is 4.31. The minimum Gasteiger partial charge on any atom is -0.496 e. The van der Waals surface area contributed by atoms with Crippen molar-refractivity contribution >= 4 is 0 Å². The summed E-state index contributed by atoms with van der Waals surface area (Å²) in [5.41, 5.74) is 0. The molecule has 1 aliphatic carbocycles. The van der Waals surface area contributed by atoms with Gasteiger partial charge < -0.3 is 19.5 Å². The van der Waals surface area contributed by atoms with Crippen LogP contribution in [-0.2, 0) is 0 Å². The SMILES string of the molecule is CCC(CNC1CC1)Oc1cc(OC)cc(OC)c1. The van der Waals surface area contributed by atoms with Gasteiger partial charge in [-0.15, -0.1) is 0 Å². The van der Waals surface area contributed by atoms with Crippen LogP contribution in [0.3, 0.4) is 0 Å². The van der Waals surface area contributed by atoms with Crippen LogP contribution >= 0.6 is 0 Å². The first-order chi connectivity index (χ1) is 9.25. The molecule has 0 saturated heterocycles. The summed E-state index contributed by atoms with van der Waals surface area (Å²) in [6.45, 7) is 3.03. The summed E-state index contributed by atoms with van der Waals surface area (Å²) >= 11 is 0. The summed E-state index contributed by atoms with van der Waals surface area (Å²) in [7, 11) is 3.29. The summed E-state index contributed by atoms with van der Waals surface area (Å²) in [4.78, 5) is 0. The number of ether oxygens (including phenoxy) is 3. The molecule has 4 nitrogen and oxygen atoms in total. The molecule has 0 amide bonds. The Morgan fingerprint density at radius 1 is 1.11 bits per heavy atom. The van der Waals surface area contributed by atoms with E-state index in [9.17, 15) is 0 Å². The van der Waals surface area contributed by atoms with Gasteiger partial charge in [-0.2, -0.15) is 0 Å². The third-order valence-electron chi connectivity index (χ3n) is 3.29. The van der Waals surface area contributed by atoms with Gasteiger partial charge >= 0.3 is 0 Å². The molecule has 1 aromatic carbocycles. The van der Waals surface area contributed by atoms with Gasteiger partial charge in [0, 0.05) is 30.8 Å². The predicted octanol–water partition coefficient (Wildman–Crippen LogP) is 2.61. The second kappa shape index (κ2) is 6.66. The number of hydrogen-bond acceptors (Lipinski definition) is 4. The van der Waals surface area contributed by atoms with Crippen molar-refractivity contribution in [3.05, 3.63) is 18.2 Å². The quantitative estimate of drug-likeness (QED) is 0.784. The molecular formula is C15H23NO3. The van der Waals surface area contributed by atoms with Crippen molar-refractivity contribution in [3.8, 4) is 17.2 Å². The molecule has 1 atom stereocenters. The highest BCUT2D eigenvalue weighted by molar-refractivity contribution is 5.42. The lowest BCUT2D eigenvalue weighted by molar-refractivity contribution is 0.191. The van der Waals surface area contributed by atoms with E-state index in [2.05, 4.69) is 12.2 Å². The summed E-state index contributed by atoms with van der Waals surface area (Å²) in [6.07, 6.45) is 3.74. The van der Waals surface area contributed by atoms with Crippen molar-refractivity contribution in [2.45, 2.75) is 38.3 Å². The summed E-state index contributed by atoms with van der Waals surface area (Å²) in [5, 5.41) is 3.50. The first-order valence-electron chi connectivity index (χ1n) is 6.88. The van der Waals surface area contributed by atoms with Crippen molar-refractivity contribution in [3.63, 3.8) is 0 Å². The molecule has 2 rings (SSSR count). The number of nitrogens with one attached hydrogen (secondary N) is 1. The van der Waals surface area contributed by atoms with Crippen LogP contribution in [0.4, 0.5) is 0 Å². The van der Waals surface area contributed by atoms with E-state index in [4.69, 9.17) is 14.2 Å². The molecule has 19 heavy (non-hydrogen) atoms. The van der Waals surface area contributed by atoms with Crippen molar-refractivity contribution in [1.82, 2.24) is 5.32 Å². The van der Waals surface area contributed by atoms with Gasteiger partial charge in [-0.05, 0) is 19.3 Å². The average Bonchev–Trinajstić information content (AvgIpc) is 3.27. The first-order valence-corrected chi connectivity index (χ1v) is 6.88. The third-order valence-corrected chi connectivity index (χ3v) is 3.29. The molecule has 106 valence electrons. The van der Waals surface area contributed by atoms with Crippen LogP contribution in [0.1, 0.15) is 26.2 Å². The van der Waals surface area contributed by atoms with Crippen LogP contribution < -0.4 is 19.5 Å². The number of benzene rings is 1. The molecule has 1 saturated carbocycles. The van der Waals surface area contributed by atoms with Gasteiger partial charge in [0.25, 0.3) is 0 Å². The zero-order valence-electron chi connectivity index (χ0n) is 11.9. The normalized spacial score (nSPS) is 15.9. The maximum absolute atomic E-state index is 6.00. The molecule has 1 fully saturated rings. The van der Waals surface area contributed by atoms with E-state index in [1.54, 1.807) is 14.2 Å². The van der Waals surface area contributed by atoms with E-state index >= 15 is 0 Å². The molecule has 1 unspecified atom stereocenters. The number of methoxy groups -OCH3 is 2. The number of hydrogen-bond donors (Lipinski definition) is 1. The van der Waals surface area contributed by atoms with E-state index in [-0.39, 0.29) is 6.10 Å². The van der Waals surface area contributed by atoms with Crippen LogP contribution in [-0.4, -0.2) is 32.9 Å². The monoisotopic (exact) mass is 265 g/mol. The molecule has 0 spiro atoms. The van der Waals surface area contributed by atoms with Gasteiger partial charge in [0.2, 0.25) is 0 Å². The van der Waals surface area contributed by atoms with E-state index in [0.29, 0.717) is 6.04 Å². The Hall–Kier alpha value is -1.42. The standard InChI is InChI=1S/C15H23NO3/c1-4-12(10-16-11-5-6-11)19-15-8-13(17-2)7-14(9-15)18-3/h7-9,11-12,16H,4-6,10H2,1-3H3. The van der Waals surface area contributed by atoms with Crippen LogP contribution in [0.2, 0.25) is 0 Å². The Morgan fingerprint density at radius 2 is 1.68 bits per heavy atom. The highest BCUT2D eigenvalue weighted by Crippen LogP contribution is 2.28. The fourth-order valence-electron chi connectivity index (χ4n) is 1.90. The van der Waals surface area contributed by atoms with E-state index in [1.807, 2.05) is 18.2 Å². The predicted molar refractivity (Wildman–Crippen MR) is 75.3 cm³/mol. The van der Waals surface area contributed by atoms with Crippen LogP contribution in [0.25, 0.3) is 0 Å². The molecule has 0 radical (unpaired) electrons. The molecule has 0 heterocycles. The number of rotatable bonds is 8. The molecule has 1 aliphatic rings. The highest BCUT2D eigenvalue weighted by atomic mass is 16.5. The fraction of sp³-hybridized carbons (Fsp3) is 0.600. The maximum Gasteiger partial charge on any atom is 0.127 e. The van der Waals surface area contributed by atoms with Gasteiger partial charge in [0.1, 0.15) is 23.4 Å². The molecular weight excluding hydrogens is 242 g/mol. The van der Waals surface area contributed by atoms with Gasteiger partial charge in [0.05, 0.1) is 14.2 Å². The van der Waals surface area contributed by atoms with Crippen molar-refractivity contribution in [1.29, 1.82) is 0 Å². The van der Waals surface area contributed by atoms with E-state index in [1.165, 1.54) is 12.8 Å². The lowest BCUT2D eigenvalue weighted by Gasteiger charge is -2.19. The Morgan fingerprint density at radius 3 is 2.16 bits per heavy atom. The molecule has 0 aromatic heterocycles. The van der Waals surface area contributed by atoms with Gasteiger partial charge in [-0.25, -0.2) is 0 Å². The second-order valence-electron chi connectivity index (χ2n) is 4.88. The van der Waals surface area contributed by atoms with Gasteiger partial charge in [-0.3, -0.25) is 0 Å². The van der Waals surface area contributed by atoms with Crippen molar-refractivity contribution < 1.29 is 14.2 Å². The van der Waals surface area contributed by atoms with Crippen LogP contribution in [0.15, 0.2) is 18.2 Å². The van der Waals surface area contributed by atoms with E-state index in [0.717, 1.165) is 30.2 Å².